The second kappa shape index (κ2) is 6.69. The number of hydrogen-bond donors (Lipinski definition) is 1. The smallest absolute Gasteiger partial charge is 0.306 e. The van der Waals surface area contributed by atoms with Crippen LogP contribution in [0.1, 0.15) is 13.3 Å². The standard InChI is InChI=1S/C10H13BrN2O4S/c1-2-17-10(14)5-6-18(15,16)13-8-3-4-9(11)12-7-8/h3-4,7,13H,2,5-6H2,1H3. The number of esters is 1. The van der Waals surface area contributed by atoms with Gasteiger partial charge in [-0.3, -0.25) is 9.52 Å². The molecule has 0 saturated heterocycles. The molecule has 0 aromatic carbocycles. The molecule has 1 aromatic rings. The van der Waals surface area contributed by atoms with Crippen LogP contribution >= 0.6 is 15.9 Å². The number of carbonyl (C=O) groups is 1. The quantitative estimate of drug-likeness (QED) is 0.629. The van der Waals surface area contributed by atoms with Crippen LogP contribution in [0.4, 0.5) is 5.69 Å². The summed E-state index contributed by atoms with van der Waals surface area (Å²) >= 11 is 3.14. The Hall–Kier alpha value is -1.15. The number of ether oxygens (including phenoxy) is 1. The average molecular weight is 337 g/mol. The van der Waals surface area contributed by atoms with Crippen LogP contribution in [0, 0.1) is 0 Å². The van der Waals surface area contributed by atoms with Crippen LogP contribution in [-0.2, 0) is 19.6 Å². The summed E-state index contributed by atoms with van der Waals surface area (Å²) in [6.07, 6.45) is 1.21. The largest absolute Gasteiger partial charge is 0.466 e. The zero-order valence-electron chi connectivity index (χ0n) is 9.72. The van der Waals surface area contributed by atoms with Crippen molar-refractivity contribution >= 4 is 37.6 Å². The fourth-order valence-electron chi connectivity index (χ4n) is 1.12. The second-order valence-electron chi connectivity index (χ2n) is 3.35. The van der Waals surface area contributed by atoms with Crippen molar-refractivity contribution in [2.45, 2.75) is 13.3 Å². The molecule has 1 aromatic heterocycles. The first-order valence-electron chi connectivity index (χ1n) is 5.20. The average Bonchev–Trinajstić information content (AvgIpc) is 2.30. The fraction of sp³-hybridized carbons (Fsp3) is 0.400. The minimum Gasteiger partial charge on any atom is -0.466 e. The Morgan fingerprint density at radius 2 is 2.22 bits per heavy atom. The summed E-state index contributed by atoms with van der Waals surface area (Å²) in [5.74, 6) is -0.848. The Bertz CT molecular complexity index is 501. The van der Waals surface area contributed by atoms with Crippen molar-refractivity contribution < 1.29 is 17.9 Å². The van der Waals surface area contributed by atoms with Gasteiger partial charge in [0.25, 0.3) is 0 Å². The van der Waals surface area contributed by atoms with E-state index in [9.17, 15) is 13.2 Å². The molecule has 0 aliphatic carbocycles. The van der Waals surface area contributed by atoms with Crippen molar-refractivity contribution in [2.75, 3.05) is 17.1 Å². The van der Waals surface area contributed by atoms with Crippen LogP contribution < -0.4 is 4.72 Å². The summed E-state index contributed by atoms with van der Waals surface area (Å²) in [5, 5.41) is 0. The number of nitrogens with one attached hydrogen (secondary N) is 1. The lowest BCUT2D eigenvalue weighted by Gasteiger charge is -2.07. The lowest BCUT2D eigenvalue weighted by molar-refractivity contribution is -0.142. The molecular weight excluding hydrogens is 324 g/mol. The van der Waals surface area contributed by atoms with Gasteiger partial charge in [-0.1, -0.05) is 0 Å². The van der Waals surface area contributed by atoms with Gasteiger partial charge in [0.2, 0.25) is 10.0 Å². The molecule has 0 aliphatic heterocycles. The van der Waals surface area contributed by atoms with Crippen molar-refractivity contribution in [1.29, 1.82) is 0 Å². The Morgan fingerprint density at radius 3 is 2.78 bits per heavy atom. The number of pyridine rings is 1. The molecule has 0 atom stereocenters. The highest BCUT2D eigenvalue weighted by Gasteiger charge is 2.14. The van der Waals surface area contributed by atoms with Gasteiger partial charge in [0.15, 0.2) is 0 Å². The van der Waals surface area contributed by atoms with Gasteiger partial charge in [-0.25, -0.2) is 13.4 Å². The number of carbonyl (C=O) groups excluding carboxylic acids is 1. The van der Waals surface area contributed by atoms with Gasteiger partial charge in [0, 0.05) is 0 Å². The Labute approximate surface area is 114 Å². The molecular formula is C10H13BrN2O4S. The molecule has 0 saturated carbocycles. The summed E-state index contributed by atoms with van der Waals surface area (Å²) < 4.78 is 30.9. The second-order valence-corrected chi connectivity index (χ2v) is 6.00. The molecule has 0 unspecified atom stereocenters. The molecule has 6 nitrogen and oxygen atoms in total. The van der Waals surface area contributed by atoms with Crippen LogP contribution in [-0.4, -0.2) is 31.7 Å². The third kappa shape index (κ3) is 5.46. The minimum atomic E-state index is -3.57. The van der Waals surface area contributed by atoms with Crippen molar-refractivity contribution in [3.8, 4) is 0 Å². The first kappa shape index (κ1) is 14.9. The summed E-state index contributed by atoms with van der Waals surface area (Å²) in [5.41, 5.74) is 0.349. The van der Waals surface area contributed by atoms with Crippen molar-refractivity contribution in [1.82, 2.24) is 4.98 Å². The van der Waals surface area contributed by atoms with E-state index in [0.717, 1.165) is 0 Å². The maximum atomic E-state index is 11.6. The highest BCUT2D eigenvalue weighted by molar-refractivity contribution is 9.10. The predicted molar refractivity (Wildman–Crippen MR) is 70.6 cm³/mol. The lowest BCUT2D eigenvalue weighted by Crippen LogP contribution is -2.20. The van der Waals surface area contributed by atoms with E-state index in [4.69, 9.17) is 0 Å². The normalized spacial score (nSPS) is 11.0. The number of rotatable bonds is 6. The Balaban J connectivity index is 2.54. The number of anilines is 1. The maximum absolute atomic E-state index is 11.6. The predicted octanol–water partition coefficient (Wildman–Crippen LogP) is 1.54. The van der Waals surface area contributed by atoms with Gasteiger partial charge in [0.05, 0.1) is 30.7 Å². The summed E-state index contributed by atoms with van der Waals surface area (Å²) in [7, 11) is -3.57. The van der Waals surface area contributed by atoms with E-state index in [1.54, 1.807) is 19.1 Å². The van der Waals surface area contributed by atoms with Crippen LogP contribution in [0.25, 0.3) is 0 Å². The van der Waals surface area contributed by atoms with E-state index in [0.29, 0.717) is 10.3 Å². The summed E-state index contributed by atoms with van der Waals surface area (Å²) in [6.45, 7) is 1.90. The van der Waals surface area contributed by atoms with Crippen LogP contribution in [0.15, 0.2) is 22.9 Å². The molecule has 0 radical (unpaired) electrons. The number of hydrogen-bond acceptors (Lipinski definition) is 5. The summed E-state index contributed by atoms with van der Waals surface area (Å²) in [6, 6.07) is 3.18. The van der Waals surface area contributed by atoms with E-state index < -0.39 is 16.0 Å². The molecule has 0 bridgehead atoms. The molecule has 1 heterocycles. The molecule has 8 heteroatoms. The SMILES string of the molecule is CCOC(=O)CCS(=O)(=O)Nc1ccc(Br)nc1. The number of halogens is 1. The zero-order chi connectivity index (χ0) is 13.6. The highest BCUT2D eigenvalue weighted by atomic mass is 79.9. The molecule has 1 rings (SSSR count). The van der Waals surface area contributed by atoms with E-state index >= 15 is 0 Å². The molecule has 0 fully saturated rings. The molecule has 0 spiro atoms. The minimum absolute atomic E-state index is 0.173. The summed E-state index contributed by atoms with van der Waals surface area (Å²) in [4.78, 5) is 14.9. The van der Waals surface area contributed by atoms with Gasteiger partial charge in [-0.05, 0) is 35.0 Å². The van der Waals surface area contributed by atoms with Crippen molar-refractivity contribution in [3.63, 3.8) is 0 Å². The monoisotopic (exact) mass is 336 g/mol. The van der Waals surface area contributed by atoms with Crippen molar-refractivity contribution in [3.05, 3.63) is 22.9 Å². The zero-order valence-corrected chi connectivity index (χ0v) is 12.1. The lowest BCUT2D eigenvalue weighted by atomic mass is 10.4. The van der Waals surface area contributed by atoms with Crippen LogP contribution in [0.5, 0.6) is 0 Å². The van der Waals surface area contributed by atoms with E-state index in [2.05, 4.69) is 30.4 Å². The van der Waals surface area contributed by atoms with E-state index in [1.807, 2.05) is 0 Å². The molecule has 1 N–H and O–H groups in total. The van der Waals surface area contributed by atoms with Gasteiger partial charge in [-0.2, -0.15) is 0 Å². The third-order valence-corrected chi connectivity index (χ3v) is 3.64. The first-order chi connectivity index (χ1) is 8.43. The van der Waals surface area contributed by atoms with Gasteiger partial charge < -0.3 is 4.74 Å². The number of nitrogens with zero attached hydrogens (tertiary/aromatic N) is 1. The first-order valence-corrected chi connectivity index (χ1v) is 7.65. The number of sulfonamides is 1. The third-order valence-electron chi connectivity index (χ3n) is 1.88. The molecule has 18 heavy (non-hydrogen) atoms. The van der Waals surface area contributed by atoms with E-state index in [-0.39, 0.29) is 18.8 Å². The fourth-order valence-corrected chi connectivity index (χ4v) is 2.37. The topological polar surface area (TPSA) is 85.4 Å². The highest BCUT2D eigenvalue weighted by Crippen LogP contribution is 2.12. The number of aromatic nitrogens is 1. The van der Waals surface area contributed by atoms with Crippen molar-refractivity contribution in [2.24, 2.45) is 0 Å². The van der Waals surface area contributed by atoms with Gasteiger partial charge in [0.1, 0.15) is 4.60 Å². The van der Waals surface area contributed by atoms with E-state index in [1.165, 1.54) is 6.20 Å². The molecule has 0 aliphatic rings. The van der Waals surface area contributed by atoms with Gasteiger partial charge >= 0.3 is 5.97 Å². The van der Waals surface area contributed by atoms with Crippen LogP contribution in [0.3, 0.4) is 0 Å². The maximum Gasteiger partial charge on any atom is 0.306 e. The Kier molecular flexibility index (Phi) is 5.54. The molecule has 100 valence electrons. The van der Waals surface area contributed by atoms with Crippen LogP contribution in [0.2, 0.25) is 0 Å². The van der Waals surface area contributed by atoms with Gasteiger partial charge in [-0.15, -0.1) is 0 Å². The molecule has 0 amide bonds. The Morgan fingerprint density at radius 1 is 1.50 bits per heavy atom.